The SMILES string of the molecule is C[C@H](CN)NC(=O)c1ccncc1F. The normalized spacial score (nSPS) is 12.2. The molecule has 0 spiro atoms. The molecule has 0 aliphatic heterocycles. The number of pyridine rings is 1. The molecule has 1 amide bonds. The van der Waals surface area contributed by atoms with Gasteiger partial charge in [0.1, 0.15) is 0 Å². The van der Waals surface area contributed by atoms with Crippen LogP contribution in [0.2, 0.25) is 0 Å². The average Bonchev–Trinajstić information content (AvgIpc) is 2.18. The zero-order chi connectivity index (χ0) is 10.6. The Bertz CT molecular complexity index is 330. The van der Waals surface area contributed by atoms with Gasteiger partial charge in [0.25, 0.3) is 5.91 Å². The molecule has 1 rings (SSSR count). The van der Waals surface area contributed by atoms with Crippen LogP contribution in [0.1, 0.15) is 17.3 Å². The molecule has 1 atom stereocenters. The number of carbonyl (C=O) groups excluding carboxylic acids is 1. The highest BCUT2D eigenvalue weighted by molar-refractivity contribution is 5.94. The van der Waals surface area contributed by atoms with Crippen LogP contribution in [-0.4, -0.2) is 23.5 Å². The zero-order valence-electron chi connectivity index (χ0n) is 7.83. The van der Waals surface area contributed by atoms with Gasteiger partial charge in [0.15, 0.2) is 5.82 Å². The van der Waals surface area contributed by atoms with Gasteiger partial charge in [-0.15, -0.1) is 0 Å². The van der Waals surface area contributed by atoms with Crippen molar-refractivity contribution < 1.29 is 9.18 Å². The topological polar surface area (TPSA) is 68.0 Å². The number of nitrogens with two attached hydrogens (primary N) is 1. The van der Waals surface area contributed by atoms with Gasteiger partial charge in [-0.25, -0.2) is 4.39 Å². The Kier molecular flexibility index (Phi) is 3.53. The fraction of sp³-hybridized carbons (Fsp3) is 0.333. The van der Waals surface area contributed by atoms with Gasteiger partial charge in [-0.1, -0.05) is 0 Å². The molecular weight excluding hydrogens is 185 g/mol. The van der Waals surface area contributed by atoms with Crippen LogP contribution in [0.25, 0.3) is 0 Å². The van der Waals surface area contributed by atoms with Gasteiger partial charge in [0.2, 0.25) is 0 Å². The lowest BCUT2D eigenvalue weighted by Gasteiger charge is -2.11. The number of amides is 1. The van der Waals surface area contributed by atoms with E-state index in [4.69, 9.17) is 5.73 Å². The molecule has 3 N–H and O–H groups in total. The van der Waals surface area contributed by atoms with E-state index in [2.05, 4.69) is 10.3 Å². The van der Waals surface area contributed by atoms with Gasteiger partial charge in [-0.05, 0) is 13.0 Å². The largest absolute Gasteiger partial charge is 0.348 e. The molecule has 0 bridgehead atoms. The maximum atomic E-state index is 13.0. The number of aromatic nitrogens is 1. The molecule has 0 aromatic carbocycles. The molecule has 1 heterocycles. The molecule has 0 unspecified atom stereocenters. The fourth-order valence-electron chi connectivity index (χ4n) is 0.920. The second-order valence-corrected chi connectivity index (χ2v) is 2.97. The summed E-state index contributed by atoms with van der Waals surface area (Å²) in [7, 11) is 0. The Hall–Kier alpha value is -1.49. The monoisotopic (exact) mass is 197 g/mol. The van der Waals surface area contributed by atoms with E-state index in [1.165, 1.54) is 12.3 Å². The van der Waals surface area contributed by atoms with E-state index < -0.39 is 11.7 Å². The van der Waals surface area contributed by atoms with E-state index in [-0.39, 0.29) is 11.6 Å². The summed E-state index contributed by atoms with van der Waals surface area (Å²) in [4.78, 5) is 14.9. The zero-order valence-corrected chi connectivity index (χ0v) is 7.83. The Balaban J connectivity index is 2.75. The van der Waals surface area contributed by atoms with Crippen molar-refractivity contribution in [3.63, 3.8) is 0 Å². The van der Waals surface area contributed by atoms with E-state index in [1.54, 1.807) is 6.92 Å². The van der Waals surface area contributed by atoms with Gasteiger partial charge >= 0.3 is 0 Å². The quantitative estimate of drug-likeness (QED) is 0.732. The first-order chi connectivity index (χ1) is 6.65. The second-order valence-electron chi connectivity index (χ2n) is 2.97. The summed E-state index contributed by atoms with van der Waals surface area (Å²) in [6.45, 7) is 2.06. The van der Waals surface area contributed by atoms with Crippen LogP contribution in [-0.2, 0) is 0 Å². The summed E-state index contributed by atoms with van der Waals surface area (Å²) < 4.78 is 13.0. The van der Waals surface area contributed by atoms with E-state index in [0.29, 0.717) is 6.54 Å². The first-order valence-corrected chi connectivity index (χ1v) is 4.25. The van der Waals surface area contributed by atoms with Gasteiger partial charge in [-0.3, -0.25) is 9.78 Å². The van der Waals surface area contributed by atoms with Gasteiger partial charge in [-0.2, -0.15) is 0 Å². The molecule has 1 aromatic heterocycles. The third-order valence-electron chi connectivity index (χ3n) is 1.75. The maximum absolute atomic E-state index is 13.0. The first-order valence-electron chi connectivity index (χ1n) is 4.25. The molecule has 4 nitrogen and oxygen atoms in total. The number of nitrogens with one attached hydrogen (secondary N) is 1. The fourth-order valence-corrected chi connectivity index (χ4v) is 0.920. The summed E-state index contributed by atoms with van der Waals surface area (Å²) in [5.74, 6) is -1.10. The number of nitrogens with zero attached hydrogens (tertiary/aromatic N) is 1. The van der Waals surface area contributed by atoms with Gasteiger partial charge < -0.3 is 11.1 Å². The van der Waals surface area contributed by atoms with Crippen molar-refractivity contribution in [1.29, 1.82) is 0 Å². The standard InChI is InChI=1S/C9H12FN3O/c1-6(4-11)13-9(14)7-2-3-12-5-8(7)10/h2-3,5-6H,4,11H2,1H3,(H,13,14)/t6-/m1/s1. The Morgan fingerprint density at radius 2 is 2.50 bits per heavy atom. The third kappa shape index (κ3) is 2.50. The maximum Gasteiger partial charge on any atom is 0.254 e. The predicted octanol–water partition coefficient (Wildman–Crippen LogP) is 0.298. The highest BCUT2D eigenvalue weighted by Crippen LogP contribution is 2.03. The number of hydrogen-bond acceptors (Lipinski definition) is 3. The van der Waals surface area contributed by atoms with Gasteiger partial charge in [0.05, 0.1) is 11.8 Å². The second kappa shape index (κ2) is 4.66. The van der Waals surface area contributed by atoms with Gasteiger partial charge in [0, 0.05) is 18.8 Å². The average molecular weight is 197 g/mol. The van der Waals surface area contributed by atoms with E-state index in [1.807, 2.05) is 0 Å². The molecule has 76 valence electrons. The van der Waals surface area contributed by atoms with Crippen molar-refractivity contribution in [3.8, 4) is 0 Å². The molecule has 0 fully saturated rings. The minimum atomic E-state index is -0.630. The van der Waals surface area contributed by atoms with E-state index in [0.717, 1.165) is 6.20 Å². The summed E-state index contributed by atoms with van der Waals surface area (Å²) in [6, 6.07) is 1.16. The van der Waals surface area contributed by atoms with E-state index in [9.17, 15) is 9.18 Å². The molecule has 0 aliphatic rings. The smallest absolute Gasteiger partial charge is 0.254 e. The molecule has 0 radical (unpaired) electrons. The Labute approximate surface area is 81.3 Å². The first kappa shape index (κ1) is 10.6. The van der Waals surface area contributed by atoms with Crippen molar-refractivity contribution >= 4 is 5.91 Å². The molecular formula is C9H12FN3O. The minimum Gasteiger partial charge on any atom is -0.348 e. The minimum absolute atomic E-state index is 0.0136. The lowest BCUT2D eigenvalue weighted by molar-refractivity contribution is 0.0937. The number of carbonyl (C=O) groups is 1. The molecule has 1 aromatic rings. The highest BCUT2D eigenvalue weighted by Gasteiger charge is 2.12. The molecule has 5 heteroatoms. The summed E-state index contributed by atoms with van der Waals surface area (Å²) in [5.41, 5.74) is 5.30. The van der Waals surface area contributed by atoms with Crippen LogP contribution >= 0.6 is 0 Å². The Morgan fingerprint density at radius 3 is 3.07 bits per heavy atom. The lowest BCUT2D eigenvalue weighted by Crippen LogP contribution is -2.38. The lowest BCUT2D eigenvalue weighted by atomic mass is 10.2. The van der Waals surface area contributed by atoms with Crippen LogP contribution in [0.15, 0.2) is 18.5 Å². The van der Waals surface area contributed by atoms with Crippen molar-refractivity contribution in [1.82, 2.24) is 10.3 Å². The Morgan fingerprint density at radius 1 is 1.79 bits per heavy atom. The molecule has 0 saturated carbocycles. The van der Waals surface area contributed by atoms with Crippen molar-refractivity contribution in [2.45, 2.75) is 13.0 Å². The number of rotatable bonds is 3. The van der Waals surface area contributed by atoms with E-state index >= 15 is 0 Å². The van der Waals surface area contributed by atoms with Crippen molar-refractivity contribution in [3.05, 3.63) is 29.8 Å². The number of halogens is 1. The van der Waals surface area contributed by atoms with Crippen LogP contribution in [0.3, 0.4) is 0 Å². The highest BCUT2D eigenvalue weighted by atomic mass is 19.1. The van der Waals surface area contributed by atoms with Crippen LogP contribution in [0.4, 0.5) is 4.39 Å². The summed E-state index contributed by atoms with van der Waals surface area (Å²) >= 11 is 0. The van der Waals surface area contributed by atoms with Crippen molar-refractivity contribution in [2.24, 2.45) is 5.73 Å². The molecule has 0 saturated heterocycles. The van der Waals surface area contributed by atoms with Crippen LogP contribution in [0.5, 0.6) is 0 Å². The summed E-state index contributed by atoms with van der Waals surface area (Å²) in [6.07, 6.45) is 2.37. The van der Waals surface area contributed by atoms with Crippen molar-refractivity contribution in [2.75, 3.05) is 6.54 Å². The number of hydrogen-bond donors (Lipinski definition) is 2. The molecule has 0 aliphatic carbocycles. The molecule has 14 heavy (non-hydrogen) atoms. The van der Waals surface area contributed by atoms with Crippen LogP contribution in [0, 0.1) is 5.82 Å². The predicted molar refractivity (Wildman–Crippen MR) is 50.2 cm³/mol. The third-order valence-corrected chi connectivity index (χ3v) is 1.75. The summed E-state index contributed by atoms with van der Waals surface area (Å²) in [5, 5.41) is 2.55. The van der Waals surface area contributed by atoms with Crippen LogP contribution < -0.4 is 11.1 Å².